The number of rotatable bonds is 5. The van der Waals surface area contributed by atoms with E-state index < -0.39 is 10.0 Å². The number of nitrogens with one attached hydrogen (secondary N) is 2. The zero-order valence-electron chi connectivity index (χ0n) is 15.9. The molecular formula is C19H18N8O2S. The van der Waals surface area contributed by atoms with Gasteiger partial charge in [0.25, 0.3) is 0 Å². The summed E-state index contributed by atoms with van der Waals surface area (Å²) in [5.41, 5.74) is 6.86. The van der Waals surface area contributed by atoms with Crippen LogP contribution in [0.15, 0.2) is 59.6 Å². The number of sulfonamides is 1. The van der Waals surface area contributed by atoms with Gasteiger partial charge in [-0.15, -0.1) is 0 Å². The molecule has 10 nitrogen and oxygen atoms in total. The van der Waals surface area contributed by atoms with E-state index in [1.54, 1.807) is 24.4 Å². The number of anilines is 4. The van der Waals surface area contributed by atoms with Gasteiger partial charge in [-0.3, -0.25) is 15.1 Å². The normalized spacial score (nSPS) is 13.1. The average Bonchev–Trinajstić information content (AvgIpc) is 2.83. The van der Waals surface area contributed by atoms with Crippen LogP contribution in [0.4, 0.5) is 23.1 Å². The van der Waals surface area contributed by atoms with Crippen LogP contribution < -0.4 is 20.9 Å². The summed E-state index contributed by atoms with van der Waals surface area (Å²) in [5, 5.41) is 15.9. The van der Waals surface area contributed by atoms with Crippen LogP contribution in [0.2, 0.25) is 0 Å². The van der Waals surface area contributed by atoms with Crippen LogP contribution in [0.25, 0.3) is 10.9 Å². The molecule has 4 N–H and O–H groups in total. The smallest absolute Gasteiger partial charge is 0.238 e. The summed E-state index contributed by atoms with van der Waals surface area (Å²) in [6.07, 6.45) is 1.61. The van der Waals surface area contributed by atoms with Gasteiger partial charge in [-0.1, -0.05) is 6.07 Å². The van der Waals surface area contributed by atoms with Crippen LogP contribution in [-0.2, 0) is 23.6 Å². The largest absolute Gasteiger partial charge is 0.324 e. The first-order valence-corrected chi connectivity index (χ1v) is 10.6. The van der Waals surface area contributed by atoms with E-state index in [4.69, 9.17) is 5.14 Å². The lowest BCUT2D eigenvalue weighted by Gasteiger charge is -2.24. The highest BCUT2D eigenvalue weighted by atomic mass is 32.2. The first-order chi connectivity index (χ1) is 14.4. The summed E-state index contributed by atoms with van der Waals surface area (Å²) in [6.45, 7) is 0.588. The molecule has 0 saturated heterocycles. The molecule has 2 aliphatic rings. The first kappa shape index (κ1) is 18.3. The highest BCUT2D eigenvalue weighted by Gasteiger charge is 2.20. The molecule has 2 aliphatic heterocycles. The van der Waals surface area contributed by atoms with Gasteiger partial charge in [-0.05, 0) is 36.4 Å². The van der Waals surface area contributed by atoms with Crippen molar-refractivity contribution in [2.75, 3.05) is 15.8 Å². The van der Waals surface area contributed by atoms with Crippen molar-refractivity contribution in [3.05, 3.63) is 60.4 Å². The Morgan fingerprint density at radius 1 is 1.13 bits per heavy atom. The number of aryl methyl sites for hydroxylation is 1. The molecule has 0 saturated carbocycles. The van der Waals surface area contributed by atoms with E-state index in [0.717, 1.165) is 22.3 Å². The zero-order chi connectivity index (χ0) is 20.9. The van der Waals surface area contributed by atoms with Crippen LogP contribution in [0.3, 0.4) is 0 Å². The summed E-state index contributed by atoms with van der Waals surface area (Å²) in [7, 11) is -1.86. The molecule has 0 radical (unpaired) electrons. The van der Waals surface area contributed by atoms with Gasteiger partial charge in [0.1, 0.15) is 5.82 Å². The van der Waals surface area contributed by atoms with E-state index in [0.29, 0.717) is 24.0 Å². The van der Waals surface area contributed by atoms with Gasteiger partial charge < -0.3 is 5.32 Å². The van der Waals surface area contributed by atoms with E-state index in [-0.39, 0.29) is 4.90 Å². The lowest BCUT2D eigenvalue weighted by molar-refractivity contribution is 0.598. The second-order valence-corrected chi connectivity index (χ2v) is 8.49. The molecule has 4 aromatic rings. The predicted molar refractivity (Wildman–Crippen MR) is 114 cm³/mol. The molecule has 0 amide bonds. The Hall–Kier alpha value is -3.70. The average molecular weight is 422 g/mol. The lowest BCUT2D eigenvalue weighted by Crippen LogP contribution is -2.29. The molecule has 0 unspecified atom stereocenters. The molecule has 0 aliphatic carbocycles. The number of fused-ring (bicyclic) bond motifs is 2. The van der Waals surface area contributed by atoms with Gasteiger partial charge in [0, 0.05) is 30.4 Å². The maximum Gasteiger partial charge on any atom is 0.238 e. The van der Waals surface area contributed by atoms with Crippen LogP contribution in [0.1, 0.15) is 5.69 Å². The van der Waals surface area contributed by atoms with E-state index in [9.17, 15) is 8.42 Å². The number of nitrogens with zero attached hydrogens (tertiary/aromatic N) is 5. The van der Waals surface area contributed by atoms with Crippen molar-refractivity contribution in [3.8, 4) is 0 Å². The minimum atomic E-state index is -3.79. The summed E-state index contributed by atoms with van der Waals surface area (Å²) in [5.74, 6) is 0.895. The molecular weight excluding hydrogens is 404 g/mol. The number of hydrogen-bond acceptors (Lipinski definition) is 8. The summed E-state index contributed by atoms with van der Waals surface area (Å²) < 4.78 is 25.0. The van der Waals surface area contributed by atoms with Crippen molar-refractivity contribution in [2.24, 2.45) is 12.2 Å². The molecule has 30 heavy (non-hydrogen) atoms. The first-order valence-electron chi connectivity index (χ1n) is 9.10. The third-order valence-corrected chi connectivity index (χ3v) is 5.77. The van der Waals surface area contributed by atoms with Crippen molar-refractivity contribution in [3.63, 3.8) is 0 Å². The van der Waals surface area contributed by atoms with Gasteiger partial charge in [-0.25, -0.2) is 18.5 Å². The number of benzene rings is 2. The van der Waals surface area contributed by atoms with Crippen molar-refractivity contribution in [2.45, 2.75) is 11.4 Å². The summed E-state index contributed by atoms with van der Waals surface area (Å²) in [4.78, 5) is 8.69. The zero-order valence-corrected chi connectivity index (χ0v) is 16.8. The minimum Gasteiger partial charge on any atom is -0.324 e. The maximum atomic E-state index is 11.6. The standard InChI is InChI=1S/C19H18N8O2S/c1-26-17-10-13-5-6-15(17)16(24-26)11-27(13)25-18-7-8-21-19(23-18)22-12-3-2-4-14(9-12)30(20,28)29/h2-10H,11H2,1H3,(H2,20,28,29)(H2,21,22,23,25). The van der Waals surface area contributed by atoms with Crippen LogP contribution >= 0.6 is 0 Å². The Morgan fingerprint density at radius 2 is 2.00 bits per heavy atom. The fourth-order valence-corrected chi connectivity index (χ4v) is 4.01. The summed E-state index contributed by atoms with van der Waals surface area (Å²) >= 11 is 0. The fourth-order valence-electron chi connectivity index (χ4n) is 3.45. The molecule has 0 fully saturated rings. The molecule has 4 heterocycles. The predicted octanol–water partition coefficient (Wildman–Crippen LogP) is 2.10. The maximum absolute atomic E-state index is 11.6. The van der Waals surface area contributed by atoms with Gasteiger partial charge in [0.05, 0.1) is 28.3 Å². The number of hydrazine groups is 1. The van der Waals surface area contributed by atoms with Gasteiger partial charge >= 0.3 is 0 Å². The van der Waals surface area contributed by atoms with Crippen LogP contribution in [0, 0.1) is 0 Å². The van der Waals surface area contributed by atoms with Crippen molar-refractivity contribution < 1.29 is 8.42 Å². The Balaban J connectivity index is 1.38. The van der Waals surface area contributed by atoms with Crippen molar-refractivity contribution in [1.29, 1.82) is 0 Å². The Morgan fingerprint density at radius 3 is 2.83 bits per heavy atom. The molecule has 11 heteroatoms. The monoisotopic (exact) mass is 422 g/mol. The quantitative estimate of drug-likeness (QED) is 0.446. The summed E-state index contributed by atoms with van der Waals surface area (Å²) in [6, 6.07) is 14.1. The molecule has 6 rings (SSSR count). The van der Waals surface area contributed by atoms with E-state index >= 15 is 0 Å². The van der Waals surface area contributed by atoms with E-state index in [1.165, 1.54) is 12.1 Å². The van der Waals surface area contributed by atoms with Gasteiger partial charge in [0.2, 0.25) is 16.0 Å². The number of aromatic nitrogens is 4. The molecule has 0 spiro atoms. The topological polar surface area (TPSA) is 131 Å². The van der Waals surface area contributed by atoms with Gasteiger partial charge in [-0.2, -0.15) is 10.1 Å². The second kappa shape index (κ2) is 6.68. The van der Waals surface area contributed by atoms with Crippen LogP contribution in [-0.4, -0.2) is 28.2 Å². The van der Waals surface area contributed by atoms with Crippen molar-refractivity contribution >= 4 is 44.1 Å². The third-order valence-electron chi connectivity index (χ3n) is 4.85. The highest BCUT2D eigenvalue weighted by Crippen LogP contribution is 2.31. The van der Waals surface area contributed by atoms with Crippen molar-refractivity contribution in [1.82, 2.24) is 19.7 Å². The molecule has 152 valence electrons. The van der Waals surface area contributed by atoms with Gasteiger partial charge in [0.15, 0.2) is 0 Å². The third kappa shape index (κ3) is 3.29. The number of hydrogen-bond donors (Lipinski definition) is 3. The Kier molecular flexibility index (Phi) is 4.08. The molecule has 2 aromatic heterocycles. The SMILES string of the molecule is Cn1nc2c3ccc(cc31)N(Nc1ccnc(Nc3cccc(S(N)(=O)=O)c3)n1)C2. The second-order valence-electron chi connectivity index (χ2n) is 6.93. The molecule has 4 bridgehead atoms. The Bertz CT molecular complexity index is 1380. The highest BCUT2D eigenvalue weighted by molar-refractivity contribution is 7.89. The van der Waals surface area contributed by atoms with E-state index in [1.807, 2.05) is 22.8 Å². The molecule has 2 aromatic carbocycles. The minimum absolute atomic E-state index is 0.0108. The van der Waals surface area contributed by atoms with Crippen LogP contribution in [0.5, 0.6) is 0 Å². The number of primary sulfonamides is 1. The lowest BCUT2D eigenvalue weighted by atomic mass is 10.2. The van der Waals surface area contributed by atoms with E-state index in [2.05, 4.69) is 37.9 Å². The fraction of sp³-hybridized carbons (Fsp3) is 0.105. The molecule has 0 atom stereocenters. The number of nitrogens with two attached hydrogens (primary N) is 1. The Labute approximate surface area is 172 Å².